The lowest BCUT2D eigenvalue weighted by atomic mass is 10.2. The van der Waals surface area contributed by atoms with E-state index in [1.807, 2.05) is 30.3 Å². The van der Waals surface area contributed by atoms with Crippen molar-refractivity contribution in [3.63, 3.8) is 0 Å². The third-order valence-corrected chi connectivity index (χ3v) is 3.40. The number of hydrogen-bond acceptors (Lipinski definition) is 3. The molecule has 0 amide bonds. The van der Waals surface area contributed by atoms with Gasteiger partial charge >= 0.3 is 0 Å². The fourth-order valence-electron chi connectivity index (χ4n) is 1.46. The van der Waals surface area contributed by atoms with Crippen molar-refractivity contribution in [1.29, 1.82) is 0 Å². The normalized spacial score (nSPS) is 12.8. The Kier molecular flexibility index (Phi) is 5.81. The molecule has 0 saturated heterocycles. The molecule has 0 atom stereocenters. The van der Waals surface area contributed by atoms with E-state index in [1.165, 1.54) is 0 Å². The van der Waals surface area contributed by atoms with E-state index in [-0.39, 0.29) is 17.5 Å². The van der Waals surface area contributed by atoms with Gasteiger partial charge in [-0.3, -0.25) is 0 Å². The lowest BCUT2D eigenvalue weighted by Gasteiger charge is -2.14. The summed E-state index contributed by atoms with van der Waals surface area (Å²) in [6.45, 7) is 0. The molecule has 0 aliphatic heterocycles. The number of alkyl halides is 6. The Labute approximate surface area is 157 Å². The third kappa shape index (κ3) is 5.12. The standard InChI is InChI=1S/C13H7Cl6N3/c14-12(15,16)10-20-9(21-11(22-10)13(17,18)19)7-6-8-4-2-1-3-5-8/h1-7H. The van der Waals surface area contributed by atoms with Crippen LogP contribution < -0.4 is 0 Å². The minimum absolute atomic E-state index is 0.124. The van der Waals surface area contributed by atoms with E-state index in [0.29, 0.717) is 0 Å². The van der Waals surface area contributed by atoms with Gasteiger partial charge in [-0.25, -0.2) is 15.0 Å². The SMILES string of the molecule is ClC(Cl)(Cl)c1nc(C=Cc2ccccc2)nc(C(Cl)(Cl)Cl)n1. The van der Waals surface area contributed by atoms with E-state index in [0.717, 1.165) is 5.56 Å². The molecule has 2 aromatic rings. The molecule has 9 heteroatoms. The molecule has 0 saturated carbocycles. The zero-order valence-electron chi connectivity index (χ0n) is 10.7. The Morgan fingerprint density at radius 1 is 0.682 bits per heavy atom. The highest BCUT2D eigenvalue weighted by atomic mass is 35.6. The zero-order valence-corrected chi connectivity index (χ0v) is 15.2. The Balaban J connectivity index is 2.45. The van der Waals surface area contributed by atoms with Gasteiger partial charge in [0.25, 0.3) is 0 Å². The molecule has 0 radical (unpaired) electrons. The molecule has 0 N–H and O–H groups in total. The smallest absolute Gasteiger partial charge is 0.209 e. The molecular formula is C13H7Cl6N3. The first-order valence-electron chi connectivity index (χ1n) is 5.80. The van der Waals surface area contributed by atoms with Crippen molar-refractivity contribution < 1.29 is 0 Å². The topological polar surface area (TPSA) is 38.7 Å². The van der Waals surface area contributed by atoms with E-state index < -0.39 is 7.59 Å². The summed E-state index contributed by atoms with van der Waals surface area (Å²) in [7, 11) is 0. The van der Waals surface area contributed by atoms with Crippen LogP contribution in [0.2, 0.25) is 0 Å². The van der Waals surface area contributed by atoms with Crippen LogP contribution in [-0.2, 0) is 7.59 Å². The Hall–Kier alpha value is -0.290. The van der Waals surface area contributed by atoms with Gasteiger partial charge in [0.05, 0.1) is 0 Å². The van der Waals surface area contributed by atoms with Gasteiger partial charge in [-0.1, -0.05) is 106 Å². The van der Waals surface area contributed by atoms with Crippen molar-refractivity contribution >= 4 is 81.8 Å². The summed E-state index contributed by atoms with van der Waals surface area (Å²) in [5.41, 5.74) is 0.939. The van der Waals surface area contributed by atoms with Gasteiger partial charge in [-0.05, 0) is 11.6 Å². The summed E-state index contributed by atoms with van der Waals surface area (Å²) in [6.07, 6.45) is 3.39. The van der Waals surface area contributed by atoms with Crippen LogP contribution in [0.1, 0.15) is 23.0 Å². The van der Waals surface area contributed by atoms with Gasteiger partial charge in [0, 0.05) is 0 Å². The molecule has 0 fully saturated rings. The van der Waals surface area contributed by atoms with E-state index >= 15 is 0 Å². The quantitative estimate of drug-likeness (QED) is 0.588. The number of nitrogens with zero attached hydrogens (tertiary/aromatic N) is 3. The molecule has 1 aromatic carbocycles. The average Bonchev–Trinajstić information content (AvgIpc) is 2.44. The first-order valence-corrected chi connectivity index (χ1v) is 8.06. The molecule has 0 unspecified atom stereocenters. The number of aromatic nitrogens is 3. The second-order valence-corrected chi connectivity index (χ2v) is 8.64. The monoisotopic (exact) mass is 415 g/mol. The average molecular weight is 418 g/mol. The largest absolute Gasteiger partial charge is 0.250 e. The van der Waals surface area contributed by atoms with Crippen molar-refractivity contribution in [3.8, 4) is 0 Å². The van der Waals surface area contributed by atoms with Gasteiger partial charge in [-0.2, -0.15) is 0 Å². The molecule has 0 aliphatic rings. The summed E-state index contributed by atoms with van der Waals surface area (Å²) >= 11 is 34.8. The second-order valence-electron chi connectivity index (χ2n) is 4.08. The molecule has 22 heavy (non-hydrogen) atoms. The first kappa shape index (κ1) is 18.1. The fraction of sp³-hybridized carbons (Fsp3) is 0.154. The van der Waals surface area contributed by atoms with Crippen LogP contribution in [-0.4, -0.2) is 15.0 Å². The minimum atomic E-state index is -1.86. The molecular weight excluding hydrogens is 411 g/mol. The maximum absolute atomic E-state index is 5.79. The maximum Gasteiger partial charge on any atom is 0.250 e. The third-order valence-electron chi connectivity index (χ3n) is 2.38. The molecule has 2 rings (SSSR count). The minimum Gasteiger partial charge on any atom is -0.209 e. The molecule has 116 valence electrons. The number of hydrogen-bond donors (Lipinski definition) is 0. The van der Waals surface area contributed by atoms with Gasteiger partial charge in [0.2, 0.25) is 7.59 Å². The van der Waals surface area contributed by atoms with Gasteiger partial charge in [0.15, 0.2) is 17.5 Å². The highest BCUT2D eigenvalue weighted by Crippen LogP contribution is 2.39. The van der Waals surface area contributed by atoms with Crippen LogP contribution in [0.15, 0.2) is 30.3 Å². The Morgan fingerprint density at radius 3 is 1.64 bits per heavy atom. The summed E-state index contributed by atoms with van der Waals surface area (Å²) in [6, 6.07) is 9.51. The van der Waals surface area contributed by atoms with Crippen molar-refractivity contribution in [2.45, 2.75) is 7.59 Å². The molecule has 1 heterocycles. The van der Waals surface area contributed by atoms with Crippen LogP contribution in [0.25, 0.3) is 12.2 Å². The molecule has 0 spiro atoms. The Bertz CT molecular complexity index is 644. The van der Waals surface area contributed by atoms with Crippen LogP contribution in [0.5, 0.6) is 0 Å². The molecule has 0 aliphatic carbocycles. The van der Waals surface area contributed by atoms with E-state index in [9.17, 15) is 0 Å². The summed E-state index contributed by atoms with van der Waals surface area (Å²) in [5.74, 6) is -0.0374. The summed E-state index contributed by atoms with van der Waals surface area (Å²) in [5, 5.41) is 0. The van der Waals surface area contributed by atoms with Crippen molar-refractivity contribution in [3.05, 3.63) is 53.4 Å². The lowest BCUT2D eigenvalue weighted by molar-refractivity contribution is 0.835. The van der Waals surface area contributed by atoms with Crippen LogP contribution in [0, 0.1) is 0 Å². The summed E-state index contributed by atoms with van der Waals surface area (Å²) < 4.78 is -3.72. The number of rotatable bonds is 2. The number of benzene rings is 1. The molecule has 3 nitrogen and oxygen atoms in total. The number of halogens is 6. The molecule has 1 aromatic heterocycles. The van der Waals surface area contributed by atoms with Crippen LogP contribution in [0.3, 0.4) is 0 Å². The van der Waals surface area contributed by atoms with Crippen molar-refractivity contribution in [2.75, 3.05) is 0 Å². The maximum atomic E-state index is 5.79. The van der Waals surface area contributed by atoms with Gasteiger partial charge in [0.1, 0.15) is 0 Å². The van der Waals surface area contributed by atoms with Gasteiger partial charge in [-0.15, -0.1) is 0 Å². The Morgan fingerprint density at radius 2 is 1.18 bits per heavy atom. The highest BCUT2D eigenvalue weighted by molar-refractivity contribution is 6.67. The first-order chi connectivity index (χ1) is 10.2. The predicted molar refractivity (Wildman–Crippen MR) is 93.7 cm³/mol. The highest BCUT2D eigenvalue weighted by Gasteiger charge is 2.33. The zero-order chi connectivity index (χ0) is 16.4. The van der Waals surface area contributed by atoms with Crippen LogP contribution >= 0.6 is 69.6 Å². The molecule has 0 bridgehead atoms. The predicted octanol–water partition coefficient (Wildman–Crippen LogP) is 5.70. The van der Waals surface area contributed by atoms with Crippen LogP contribution in [0.4, 0.5) is 0 Å². The lowest BCUT2D eigenvalue weighted by Crippen LogP contribution is -2.16. The van der Waals surface area contributed by atoms with Crippen molar-refractivity contribution in [2.24, 2.45) is 0 Å². The van der Waals surface area contributed by atoms with E-state index in [2.05, 4.69) is 15.0 Å². The van der Waals surface area contributed by atoms with E-state index in [1.54, 1.807) is 12.2 Å². The summed E-state index contributed by atoms with van der Waals surface area (Å²) in [4.78, 5) is 12.0. The van der Waals surface area contributed by atoms with Crippen molar-refractivity contribution in [1.82, 2.24) is 15.0 Å². The second kappa shape index (κ2) is 7.08. The van der Waals surface area contributed by atoms with E-state index in [4.69, 9.17) is 69.6 Å². The fourth-order valence-corrected chi connectivity index (χ4v) is 1.96. The van der Waals surface area contributed by atoms with Gasteiger partial charge < -0.3 is 0 Å².